The van der Waals surface area contributed by atoms with Crippen molar-refractivity contribution in [2.75, 3.05) is 32.1 Å². The topological polar surface area (TPSA) is 58.4 Å². The van der Waals surface area contributed by atoms with Crippen LogP contribution >= 0.6 is 0 Å². The van der Waals surface area contributed by atoms with Crippen LogP contribution in [0.1, 0.15) is 10.4 Å². The van der Waals surface area contributed by atoms with E-state index in [2.05, 4.69) is 5.32 Å². The molecule has 0 saturated carbocycles. The van der Waals surface area contributed by atoms with Gasteiger partial charge in [-0.3, -0.25) is 4.79 Å². The van der Waals surface area contributed by atoms with Crippen LogP contribution in [0.25, 0.3) is 0 Å². The second kappa shape index (κ2) is 5.46. The minimum absolute atomic E-state index is 0.0545. The zero-order chi connectivity index (χ0) is 12.1. The fraction of sp³-hybridized carbons (Fsp3) is 0.364. The molecule has 1 rings (SSSR count). The van der Waals surface area contributed by atoms with Crippen LogP contribution in [-0.4, -0.2) is 33.1 Å². The Hall–Kier alpha value is -1.62. The van der Waals surface area contributed by atoms with E-state index in [9.17, 15) is 9.18 Å². The summed E-state index contributed by atoms with van der Waals surface area (Å²) in [7, 11) is 3.62. The summed E-state index contributed by atoms with van der Waals surface area (Å²) in [6.07, 6.45) is 0. The third-order valence-corrected chi connectivity index (χ3v) is 2.35. The molecule has 0 saturated heterocycles. The highest BCUT2D eigenvalue weighted by atomic mass is 19.1. The molecular weight excluding hydrogens is 209 g/mol. The van der Waals surface area contributed by atoms with Crippen molar-refractivity contribution in [1.82, 2.24) is 5.32 Å². The summed E-state index contributed by atoms with van der Waals surface area (Å²) in [5.41, 5.74) is 5.62. The molecule has 0 fully saturated rings. The van der Waals surface area contributed by atoms with Crippen LogP contribution in [0, 0.1) is 5.82 Å². The van der Waals surface area contributed by atoms with E-state index in [0.29, 0.717) is 12.2 Å². The van der Waals surface area contributed by atoms with Gasteiger partial charge in [-0.05, 0) is 19.2 Å². The van der Waals surface area contributed by atoms with Crippen molar-refractivity contribution in [3.05, 3.63) is 29.6 Å². The number of carbonyl (C=O) groups is 1. The molecule has 0 radical (unpaired) electrons. The smallest absolute Gasteiger partial charge is 0.253 e. The van der Waals surface area contributed by atoms with Gasteiger partial charge in [-0.1, -0.05) is 6.07 Å². The number of hydrogen-bond donors (Lipinski definition) is 2. The van der Waals surface area contributed by atoms with Gasteiger partial charge in [-0.2, -0.15) is 0 Å². The van der Waals surface area contributed by atoms with Crippen LogP contribution in [0.4, 0.5) is 10.1 Å². The number of nitrogens with two attached hydrogens (primary N) is 1. The monoisotopic (exact) mass is 225 g/mol. The molecular formula is C11H16FN3O. The van der Waals surface area contributed by atoms with Gasteiger partial charge >= 0.3 is 0 Å². The molecule has 0 aliphatic rings. The minimum Gasteiger partial charge on any atom is -0.373 e. The highest BCUT2D eigenvalue weighted by Crippen LogP contribution is 2.21. The van der Waals surface area contributed by atoms with E-state index in [1.807, 2.05) is 7.05 Å². The predicted molar refractivity (Wildman–Crippen MR) is 62.1 cm³/mol. The average Bonchev–Trinajstić information content (AvgIpc) is 2.24. The first-order valence-corrected chi connectivity index (χ1v) is 5.02. The molecule has 16 heavy (non-hydrogen) atoms. The number of nitrogens with one attached hydrogen (secondary N) is 1. The summed E-state index contributed by atoms with van der Waals surface area (Å²) >= 11 is 0. The quantitative estimate of drug-likeness (QED) is 0.770. The Bertz CT molecular complexity index is 381. The van der Waals surface area contributed by atoms with Crippen molar-refractivity contribution < 1.29 is 9.18 Å². The highest BCUT2D eigenvalue weighted by Gasteiger charge is 2.16. The number of amides is 1. The van der Waals surface area contributed by atoms with Gasteiger partial charge in [-0.15, -0.1) is 0 Å². The Morgan fingerprint density at radius 1 is 1.56 bits per heavy atom. The minimum atomic E-state index is -0.746. The highest BCUT2D eigenvalue weighted by molar-refractivity contribution is 5.98. The summed E-state index contributed by atoms with van der Waals surface area (Å²) in [4.78, 5) is 13.0. The van der Waals surface area contributed by atoms with Gasteiger partial charge in [0, 0.05) is 20.1 Å². The van der Waals surface area contributed by atoms with Crippen molar-refractivity contribution >= 4 is 11.6 Å². The third-order valence-electron chi connectivity index (χ3n) is 2.35. The fourth-order valence-corrected chi connectivity index (χ4v) is 1.47. The van der Waals surface area contributed by atoms with Gasteiger partial charge in [0.25, 0.3) is 5.91 Å². The van der Waals surface area contributed by atoms with Gasteiger partial charge in [0.05, 0.1) is 11.3 Å². The molecule has 0 spiro atoms. The molecule has 0 heterocycles. The Morgan fingerprint density at radius 3 is 2.81 bits per heavy atom. The first-order valence-electron chi connectivity index (χ1n) is 5.02. The SMILES string of the molecule is CNCCN(C)c1cccc(F)c1C(N)=O. The van der Waals surface area contributed by atoms with Gasteiger partial charge in [0.2, 0.25) is 0 Å². The molecule has 3 N–H and O–H groups in total. The number of nitrogens with zero attached hydrogens (tertiary/aromatic N) is 1. The molecule has 5 heteroatoms. The maximum Gasteiger partial charge on any atom is 0.253 e. The molecule has 1 amide bonds. The second-order valence-electron chi connectivity index (χ2n) is 3.52. The van der Waals surface area contributed by atoms with Gasteiger partial charge in [0.1, 0.15) is 5.82 Å². The van der Waals surface area contributed by atoms with Crippen LogP contribution < -0.4 is 16.0 Å². The lowest BCUT2D eigenvalue weighted by Gasteiger charge is -2.21. The molecule has 0 atom stereocenters. The molecule has 0 aliphatic heterocycles. The molecule has 0 unspecified atom stereocenters. The molecule has 1 aromatic carbocycles. The van der Waals surface area contributed by atoms with E-state index < -0.39 is 11.7 Å². The van der Waals surface area contributed by atoms with Gasteiger partial charge in [0.15, 0.2) is 0 Å². The molecule has 4 nitrogen and oxygen atoms in total. The Balaban J connectivity index is 3.02. The van der Waals surface area contributed by atoms with E-state index in [0.717, 1.165) is 6.54 Å². The van der Waals surface area contributed by atoms with E-state index in [4.69, 9.17) is 5.73 Å². The number of anilines is 1. The number of hydrogen-bond acceptors (Lipinski definition) is 3. The average molecular weight is 225 g/mol. The third kappa shape index (κ3) is 2.70. The van der Waals surface area contributed by atoms with E-state index in [-0.39, 0.29) is 5.56 Å². The molecule has 0 aliphatic carbocycles. The number of primary amides is 1. The van der Waals surface area contributed by atoms with Gasteiger partial charge in [-0.25, -0.2) is 4.39 Å². The van der Waals surface area contributed by atoms with Crippen LogP contribution in [0.2, 0.25) is 0 Å². The fourth-order valence-electron chi connectivity index (χ4n) is 1.47. The largest absolute Gasteiger partial charge is 0.373 e. The summed E-state index contributed by atoms with van der Waals surface area (Å²) in [5, 5.41) is 2.98. The van der Waals surface area contributed by atoms with Crippen LogP contribution in [0.3, 0.4) is 0 Å². The standard InChI is InChI=1S/C11H16FN3O/c1-14-6-7-15(2)9-5-3-4-8(12)10(9)11(13)16/h3-5,14H,6-7H2,1-2H3,(H2,13,16). The zero-order valence-electron chi connectivity index (χ0n) is 9.46. The second-order valence-corrected chi connectivity index (χ2v) is 3.52. The number of likely N-dealkylation sites (N-methyl/N-ethyl adjacent to an activating group) is 2. The van der Waals surface area contributed by atoms with Crippen molar-refractivity contribution in [2.24, 2.45) is 5.73 Å². The van der Waals surface area contributed by atoms with Crippen LogP contribution in [0.5, 0.6) is 0 Å². The summed E-state index contributed by atoms with van der Waals surface area (Å²) in [5.74, 6) is -1.33. The van der Waals surface area contributed by atoms with Crippen molar-refractivity contribution in [3.8, 4) is 0 Å². The number of carbonyl (C=O) groups excluding carboxylic acids is 1. The maximum atomic E-state index is 13.4. The first-order chi connectivity index (χ1) is 7.57. The lowest BCUT2D eigenvalue weighted by molar-refractivity contribution is 0.0997. The number of halogens is 1. The summed E-state index contributed by atoms with van der Waals surface area (Å²) in [6.45, 7) is 1.41. The molecule has 1 aromatic rings. The Labute approximate surface area is 94.2 Å². The lowest BCUT2D eigenvalue weighted by atomic mass is 10.1. The van der Waals surface area contributed by atoms with Crippen LogP contribution in [-0.2, 0) is 0 Å². The van der Waals surface area contributed by atoms with Gasteiger partial charge < -0.3 is 16.0 Å². The summed E-state index contributed by atoms with van der Waals surface area (Å²) < 4.78 is 13.4. The number of rotatable bonds is 5. The van der Waals surface area contributed by atoms with E-state index in [1.54, 1.807) is 24.1 Å². The lowest BCUT2D eigenvalue weighted by Crippen LogP contribution is -2.29. The zero-order valence-corrected chi connectivity index (χ0v) is 9.46. The maximum absolute atomic E-state index is 13.4. The van der Waals surface area contributed by atoms with Crippen molar-refractivity contribution in [2.45, 2.75) is 0 Å². The molecule has 88 valence electrons. The molecule has 0 bridgehead atoms. The van der Waals surface area contributed by atoms with E-state index in [1.165, 1.54) is 6.07 Å². The summed E-state index contributed by atoms with van der Waals surface area (Å²) in [6, 6.07) is 4.47. The van der Waals surface area contributed by atoms with Crippen LogP contribution in [0.15, 0.2) is 18.2 Å². The van der Waals surface area contributed by atoms with Crippen molar-refractivity contribution in [1.29, 1.82) is 0 Å². The Morgan fingerprint density at radius 2 is 2.25 bits per heavy atom. The van der Waals surface area contributed by atoms with E-state index >= 15 is 0 Å². The Kier molecular flexibility index (Phi) is 4.25. The normalized spacial score (nSPS) is 10.2. The predicted octanol–water partition coefficient (Wildman–Crippen LogP) is 0.580. The van der Waals surface area contributed by atoms with Crippen molar-refractivity contribution in [3.63, 3.8) is 0 Å². The first kappa shape index (κ1) is 12.4. The molecule has 0 aromatic heterocycles. The number of benzene rings is 1.